The summed E-state index contributed by atoms with van der Waals surface area (Å²) in [6.07, 6.45) is 2.62. The third-order valence-electron chi connectivity index (χ3n) is 6.17. The highest BCUT2D eigenvalue weighted by Crippen LogP contribution is 2.41. The second-order valence-electron chi connectivity index (χ2n) is 9.39. The first-order valence-corrected chi connectivity index (χ1v) is 11.6. The Morgan fingerprint density at radius 2 is 1.85 bits per heavy atom. The molecule has 6 nitrogen and oxygen atoms in total. The molecule has 3 aromatic carbocycles. The number of benzene rings is 3. The summed E-state index contributed by atoms with van der Waals surface area (Å²) in [6.45, 7) is 4.58. The Labute approximate surface area is 199 Å². The van der Waals surface area contributed by atoms with Gasteiger partial charge in [-0.05, 0) is 62.6 Å². The lowest BCUT2D eigenvalue weighted by Gasteiger charge is -2.30. The number of anilines is 2. The van der Waals surface area contributed by atoms with Gasteiger partial charge in [0.1, 0.15) is 5.60 Å². The molecule has 2 heterocycles. The van der Waals surface area contributed by atoms with Gasteiger partial charge >= 0.3 is 0 Å². The zero-order valence-corrected chi connectivity index (χ0v) is 19.5. The van der Waals surface area contributed by atoms with E-state index in [0.29, 0.717) is 29.3 Å². The van der Waals surface area contributed by atoms with Gasteiger partial charge in [0, 0.05) is 35.5 Å². The Morgan fingerprint density at radius 3 is 2.68 bits per heavy atom. The van der Waals surface area contributed by atoms with Crippen molar-refractivity contribution in [3.8, 4) is 11.5 Å². The zero-order valence-electron chi connectivity index (χ0n) is 19.5. The van der Waals surface area contributed by atoms with Gasteiger partial charge in [-0.15, -0.1) is 0 Å². The summed E-state index contributed by atoms with van der Waals surface area (Å²) < 4.78 is 11.8. The van der Waals surface area contributed by atoms with E-state index in [0.717, 1.165) is 36.1 Å². The van der Waals surface area contributed by atoms with E-state index < -0.39 is 0 Å². The summed E-state index contributed by atoms with van der Waals surface area (Å²) in [5.41, 5.74) is 4.03. The molecule has 0 aliphatic carbocycles. The Hall–Kier alpha value is -3.80. The molecule has 2 amide bonds. The fourth-order valence-electron chi connectivity index (χ4n) is 4.64. The van der Waals surface area contributed by atoms with Crippen LogP contribution in [0.4, 0.5) is 11.4 Å². The quantitative estimate of drug-likeness (QED) is 0.586. The molecule has 174 valence electrons. The molecule has 0 unspecified atom stereocenters. The molecule has 0 saturated carbocycles. The van der Waals surface area contributed by atoms with Crippen molar-refractivity contribution >= 4 is 23.2 Å². The van der Waals surface area contributed by atoms with Gasteiger partial charge < -0.3 is 19.7 Å². The van der Waals surface area contributed by atoms with Crippen LogP contribution in [-0.4, -0.2) is 30.6 Å². The van der Waals surface area contributed by atoms with Crippen LogP contribution in [0, 0.1) is 0 Å². The maximum absolute atomic E-state index is 13.1. The van der Waals surface area contributed by atoms with E-state index in [1.165, 1.54) is 0 Å². The van der Waals surface area contributed by atoms with Crippen LogP contribution in [0.3, 0.4) is 0 Å². The average molecular weight is 457 g/mol. The normalized spacial score (nSPS) is 15.6. The number of nitrogens with one attached hydrogen (secondary N) is 1. The first-order chi connectivity index (χ1) is 16.4. The Morgan fingerprint density at radius 1 is 1.03 bits per heavy atom. The van der Waals surface area contributed by atoms with E-state index in [1.807, 2.05) is 80.6 Å². The highest BCUT2D eigenvalue weighted by Gasteiger charge is 2.32. The summed E-state index contributed by atoms with van der Waals surface area (Å²) in [7, 11) is 0. The van der Waals surface area contributed by atoms with Crippen LogP contribution in [-0.2, 0) is 17.6 Å². The molecule has 2 aliphatic heterocycles. The van der Waals surface area contributed by atoms with Gasteiger partial charge in [0.05, 0.1) is 0 Å². The molecule has 1 N–H and O–H groups in total. The monoisotopic (exact) mass is 456 g/mol. The van der Waals surface area contributed by atoms with Crippen molar-refractivity contribution in [3.63, 3.8) is 0 Å². The lowest BCUT2D eigenvalue weighted by atomic mass is 10.00. The van der Waals surface area contributed by atoms with E-state index in [4.69, 9.17) is 9.47 Å². The van der Waals surface area contributed by atoms with Crippen molar-refractivity contribution < 1.29 is 19.1 Å². The Bertz CT molecular complexity index is 1240. The third-order valence-corrected chi connectivity index (χ3v) is 6.17. The Balaban J connectivity index is 1.28. The molecule has 3 aromatic rings. The topological polar surface area (TPSA) is 67.9 Å². The SMILES string of the molecule is CC1(C)Cc2cccc(OCC(=O)Nc3ccc4c(c3)N(C(=O)c3ccccc3)CCC4)c2O1. The number of carbonyl (C=O) groups excluding carboxylic acids is 2. The lowest BCUT2D eigenvalue weighted by Crippen LogP contribution is -2.35. The molecule has 34 heavy (non-hydrogen) atoms. The molecule has 0 bridgehead atoms. The number of carbonyl (C=O) groups is 2. The molecule has 0 aromatic heterocycles. The number of fused-ring (bicyclic) bond motifs is 2. The van der Waals surface area contributed by atoms with Gasteiger partial charge in [-0.25, -0.2) is 0 Å². The van der Waals surface area contributed by atoms with Gasteiger partial charge in [-0.1, -0.05) is 36.4 Å². The molecule has 0 radical (unpaired) electrons. The molecule has 2 aliphatic rings. The third kappa shape index (κ3) is 4.49. The van der Waals surface area contributed by atoms with E-state index >= 15 is 0 Å². The lowest BCUT2D eigenvalue weighted by molar-refractivity contribution is -0.118. The summed E-state index contributed by atoms with van der Waals surface area (Å²) >= 11 is 0. The van der Waals surface area contributed by atoms with Crippen LogP contribution in [0.2, 0.25) is 0 Å². The number of rotatable bonds is 5. The van der Waals surface area contributed by atoms with Gasteiger partial charge in [-0.3, -0.25) is 9.59 Å². The average Bonchev–Trinajstić information content (AvgIpc) is 3.17. The molecular weight excluding hydrogens is 428 g/mol. The summed E-state index contributed by atoms with van der Waals surface area (Å²) in [4.78, 5) is 27.6. The van der Waals surface area contributed by atoms with E-state index in [1.54, 1.807) is 4.90 Å². The van der Waals surface area contributed by atoms with Crippen molar-refractivity contribution in [2.45, 2.75) is 38.7 Å². The van der Waals surface area contributed by atoms with Crippen LogP contribution in [0.25, 0.3) is 0 Å². The first-order valence-electron chi connectivity index (χ1n) is 11.6. The van der Waals surface area contributed by atoms with Crippen molar-refractivity contribution in [2.24, 2.45) is 0 Å². The zero-order chi connectivity index (χ0) is 23.7. The van der Waals surface area contributed by atoms with Crippen LogP contribution in [0.5, 0.6) is 11.5 Å². The molecule has 0 spiro atoms. The van der Waals surface area contributed by atoms with Crippen LogP contribution in [0.15, 0.2) is 66.7 Å². The fourth-order valence-corrected chi connectivity index (χ4v) is 4.64. The minimum Gasteiger partial charge on any atom is -0.483 e. The van der Waals surface area contributed by atoms with Gasteiger partial charge in [-0.2, -0.15) is 0 Å². The first kappa shape index (κ1) is 22.0. The Kier molecular flexibility index (Phi) is 5.74. The molecule has 6 heteroatoms. The predicted octanol–water partition coefficient (Wildman–Crippen LogP) is 5.01. The minimum absolute atomic E-state index is 0.0331. The molecule has 5 rings (SSSR count). The smallest absolute Gasteiger partial charge is 0.262 e. The molecule has 0 atom stereocenters. The van der Waals surface area contributed by atoms with E-state index in [9.17, 15) is 9.59 Å². The standard InChI is InChI=1S/C28H28N2O4/c1-28(2)17-21-10-6-12-24(26(21)34-28)33-18-25(31)29-22-14-13-19-11-7-15-30(23(19)16-22)27(32)20-8-4-3-5-9-20/h3-6,8-10,12-14,16H,7,11,15,17-18H2,1-2H3,(H,29,31). The maximum Gasteiger partial charge on any atom is 0.262 e. The number of para-hydroxylation sites is 1. The fraction of sp³-hybridized carbons (Fsp3) is 0.286. The van der Waals surface area contributed by atoms with Crippen molar-refractivity contribution in [1.82, 2.24) is 0 Å². The molecule has 0 saturated heterocycles. The molecular formula is C28H28N2O4. The van der Waals surface area contributed by atoms with Gasteiger partial charge in [0.15, 0.2) is 18.1 Å². The predicted molar refractivity (Wildman–Crippen MR) is 132 cm³/mol. The summed E-state index contributed by atoms with van der Waals surface area (Å²) in [5.74, 6) is 0.980. The summed E-state index contributed by atoms with van der Waals surface area (Å²) in [6, 6.07) is 20.8. The maximum atomic E-state index is 13.1. The van der Waals surface area contributed by atoms with Crippen LogP contribution >= 0.6 is 0 Å². The van der Waals surface area contributed by atoms with Crippen LogP contribution in [0.1, 0.15) is 41.8 Å². The largest absolute Gasteiger partial charge is 0.483 e. The second-order valence-corrected chi connectivity index (χ2v) is 9.39. The van der Waals surface area contributed by atoms with Crippen molar-refractivity contribution in [2.75, 3.05) is 23.4 Å². The van der Waals surface area contributed by atoms with E-state index in [2.05, 4.69) is 5.32 Å². The number of hydrogen-bond donors (Lipinski definition) is 1. The highest BCUT2D eigenvalue weighted by molar-refractivity contribution is 6.07. The highest BCUT2D eigenvalue weighted by atomic mass is 16.5. The van der Waals surface area contributed by atoms with E-state index in [-0.39, 0.29) is 24.0 Å². The van der Waals surface area contributed by atoms with Gasteiger partial charge in [0.25, 0.3) is 11.8 Å². The second kappa shape index (κ2) is 8.86. The number of nitrogens with zero attached hydrogens (tertiary/aromatic N) is 1. The number of ether oxygens (including phenoxy) is 2. The number of aryl methyl sites for hydroxylation is 1. The minimum atomic E-state index is -0.282. The van der Waals surface area contributed by atoms with Gasteiger partial charge in [0.2, 0.25) is 0 Å². The van der Waals surface area contributed by atoms with Crippen molar-refractivity contribution in [1.29, 1.82) is 0 Å². The van der Waals surface area contributed by atoms with Crippen LogP contribution < -0.4 is 19.7 Å². The molecule has 0 fully saturated rings. The number of amides is 2. The summed E-state index contributed by atoms with van der Waals surface area (Å²) in [5, 5.41) is 2.90. The number of hydrogen-bond acceptors (Lipinski definition) is 4. The van der Waals surface area contributed by atoms with Crippen molar-refractivity contribution in [3.05, 3.63) is 83.4 Å².